The number of nitrogens with one attached hydrogen (secondary N) is 1. The molecule has 208 valence electrons. The maximum absolute atomic E-state index is 13.9. The number of amides is 2. The van der Waals surface area contributed by atoms with Crippen molar-refractivity contribution in [3.63, 3.8) is 0 Å². The number of nitrogens with zero attached hydrogens (tertiary/aromatic N) is 2. The maximum atomic E-state index is 13.9. The average Bonchev–Trinajstić information content (AvgIpc) is 2.86. The van der Waals surface area contributed by atoms with Gasteiger partial charge in [0.05, 0.1) is 10.6 Å². The Hall–Kier alpha value is -2.78. The molecule has 39 heavy (non-hydrogen) atoms. The summed E-state index contributed by atoms with van der Waals surface area (Å²) in [6.07, 6.45) is 0. The molecule has 1 N–H and O–H groups in total. The fourth-order valence-corrected chi connectivity index (χ4v) is 5.98. The molecule has 3 aromatic carbocycles. The van der Waals surface area contributed by atoms with E-state index < -0.39 is 28.5 Å². The Kier molecular flexibility index (Phi) is 10.3. The summed E-state index contributed by atoms with van der Waals surface area (Å²) >= 11 is 18.4. The van der Waals surface area contributed by atoms with Gasteiger partial charge in [-0.1, -0.05) is 59.1 Å². The quantitative estimate of drug-likeness (QED) is 0.301. The zero-order valence-electron chi connectivity index (χ0n) is 22.0. The number of hydrogen-bond acceptors (Lipinski definition) is 4. The van der Waals surface area contributed by atoms with Gasteiger partial charge in [0.2, 0.25) is 11.8 Å². The molecule has 0 spiro atoms. The number of sulfonamides is 1. The predicted octanol–water partition coefficient (Wildman–Crippen LogP) is 6.09. The monoisotopic (exact) mass is 609 g/mol. The lowest BCUT2D eigenvalue weighted by Crippen LogP contribution is -2.52. The van der Waals surface area contributed by atoms with Crippen LogP contribution in [0.2, 0.25) is 15.1 Å². The molecular weight excluding hydrogens is 581 g/mol. The highest BCUT2D eigenvalue weighted by molar-refractivity contribution is 7.92. The first kappa shape index (κ1) is 30.8. The summed E-state index contributed by atoms with van der Waals surface area (Å²) in [5.41, 5.74) is 1.55. The molecule has 0 heterocycles. The number of para-hydroxylation sites is 1. The molecule has 0 saturated carbocycles. The topological polar surface area (TPSA) is 86.8 Å². The first-order valence-electron chi connectivity index (χ1n) is 12.2. The number of aryl methyl sites for hydroxylation is 1. The minimum absolute atomic E-state index is 0.0270. The highest BCUT2D eigenvalue weighted by atomic mass is 35.5. The molecule has 0 radical (unpaired) electrons. The molecular formula is C28H30Cl3N3O4S. The molecule has 1 atom stereocenters. The van der Waals surface area contributed by atoms with Crippen LogP contribution in [0.4, 0.5) is 5.69 Å². The van der Waals surface area contributed by atoms with Crippen molar-refractivity contribution in [1.29, 1.82) is 0 Å². The Morgan fingerprint density at radius 2 is 1.51 bits per heavy atom. The largest absolute Gasteiger partial charge is 0.352 e. The molecule has 0 aliphatic carbocycles. The number of carbonyl (C=O) groups excluding carboxylic acids is 2. The zero-order valence-corrected chi connectivity index (χ0v) is 25.1. The third-order valence-corrected chi connectivity index (χ3v) is 8.63. The van der Waals surface area contributed by atoms with Crippen LogP contribution in [0, 0.1) is 6.92 Å². The molecule has 3 rings (SSSR count). The van der Waals surface area contributed by atoms with Crippen molar-refractivity contribution in [3.8, 4) is 0 Å². The van der Waals surface area contributed by atoms with Crippen molar-refractivity contribution >= 4 is 62.3 Å². The van der Waals surface area contributed by atoms with E-state index in [2.05, 4.69) is 5.32 Å². The van der Waals surface area contributed by atoms with Gasteiger partial charge < -0.3 is 10.2 Å². The summed E-state index contributed by atoms with van der Waals surface area (Å²) in [6.45, 7) is 6.38. The number of rotatable bonds is 10. The predicted molar refractivity (Wildman–Crippen MR) is 157 cm³/mol. The average molecular weight is 611 g/mol. The van der Waals surface area contributed by atoms with Crippen LogP contribution in [0.25, 0.3) is 0 Å². The van der Waals surface area contributed by atoms with Crippen LogP contribution in [0.5, 0.6) is 0 Å². The van der Waals surface area contributed by atoms with Crippen molar-refractivity contribution in [2.75, 3.05) is 10.8 Å². The number of carbonyl (C=O) groups is 2. The molecule has 0 bridgehead atoms. The van der Waals surface area contributed by atoms with Gasteiger partial charge in [0.1, 0.15) is 12.6 Å². The van der Waals surface area contributed by atoms with E-state index in [1.54, 1.807) is 56.3 Å². The van der Waals surface area contributed by atoms with Crippen LogP contribution in [0.15, 0.2) is 71.6 Å². The summed E-state index contributed by atoms with van der Waals surface area (Å²) in [7, 11) is -4.19. The van der Waals surface area contributed by atoms with Gasteiger partial charge in [0, 0.05) is 27.7 Å². The highest BCUT2D eigenvalue weighted by Gasteiger charge is 2.33. The van der Waals surface area contributed by atoms with Crippen molar-refractivity contribution in [1.82, 2.24) is 10.2 Å². The second-order valence-electron chi connectivity index (χ2n) is 9.35. The minimum atomic E-state index is -4.19. The summed E-state index contributed by atoms with van der Waals surface area (Å²) in [6, 6.07) is 16.3. The Labute approximate surface area is 244 Å². The summed E-state index contributed by atoms with van der Waals surface area (Å²) in [5, 5.41) is 3.93. The van der Waals surface area contributed by atoms with E-state index in [4.69, 9.17) is 34.8 Å². The van der Waals surface area contributed by atoms with E-state index in [1.165, 1.54) is 29.2 Å². The Morgan fingerprint density at radius 3 is 2.10 bits per heavy atom. The van der Waals surface area contributed by atoms with Gasteiger partial charge in [0.25, 0.3) is 10.0 Å². The number of anilines is 1. The van der Waals surface area contributed by atoms with Gasteiger partial charge in [-0.2, -0.15) is 0 Å². The highest BCUT2D eigenvalue weighted by Crippen LogP contribution is 2.29. The van der Waals surface area contributed by atoms with Crippen molar-refractivity contribution in [2.45, 2.75) is 51.2 Å². The Morgan fingerprint density at radius 1 is 0.897 bits per heavy atom. The van der Waals surface area contributed by atoms with Crippen molar-refractivity contribution < 1.29 is 18.0 Å². The summed E-state index contributed by atoms with van der Waals surface area (Å²) in [5.74, 6) is -0.973. The maximum Gasteiger partial charge on any atom is 0.264 e. The second kappa shape index (κ2) is 13.0. The lowest BCUT2D eigenvalue weighted by molar-refractivity contribution is -0.139. The van der Waals surface area contributed by atoms with Gasteiger partial charge in [-0.3, -0.25) is 13.9 Å². The standard InChI is InChI=1S/C28H30Cl3N3O4S/c1-18(2)32-28(36)20(4)33(16-21-9-10-23(30)15-25(21)31)27(35)17-34(26-8-6-5-7-19(26)3)39(37,38)24-13-11-22(29)12-14-24/h5-15,18,20H,16-17H2,1-4H3,(H,32,36)/t20-/m1/s1. The lowest BCUT2D eigenvalue weighted by Gasteiger charge is -2.33. The number of benzene rings is 3. The van der Waals surface area contributed by atoms with Crippen molar-refractivity contribution in [2.24, 2.45) is 0 Å². The molecule has 11 heteroatoms. The van der Waals surface area contributed by atoms with Gasteiger partial charge in [-0.25, -0.2) is 8.42 Å². The molecule has 7 nitrogen and oxygen atoms in total. The Balaban J connectivity index is 2.06. The minimum Gasteiger partial charge on any atom is -0.352 e. The van der Waals surface area contributed by atoms with Crippen LogP contribution in [-0.4, -0.2) is 43.8 Å². The van der Waals surface area contributed by atoms with E-state index in [0.717, 1.165) is 4.31 Å². The van der Waals surface area contributed by atoms with Crippen LogP contribution >= 0.6 is 34.8 Å². The molecule has 0 aromatic heterocycles. The van der Waals surface area contributed by atoms with Gasteiger partial charge in [-0.05, 0) is 81.3 Å². The molecule has 3 aromatic rings. The molecule has 0 unspecified atom stereocenters. The first-order chi connectivity index (χ1) is 18.3. The third kappa shape index (κ3) is 7.66. The van der Waals surface area contributed by atoms with Crippen LogP contribution < -0.4 is 9.62 Å². The number of hydrogen-bond donors (Lipinski definition) is 1. The van der Waals surface area contributed by atoms with E-state index in [9.17, 15) is 18.0 Å². The summed E-state index contributed by atoms with van der Waals surface area (Å²) < 4.78 is 28.8. The fraction of sp³-hybridized carbons (Fsp3) is 0.286. The molecule has 2 amide bonds. The van der Waals surface area contributed by atoms with E-state index in [1.807, 2.05) is 13.8 Å². The lowest BCUT2D eigenvalue weighted by atomic mass is 10.1. The fourth-order valence-electron chi connectivity index (χ4n) is 3.91. The molecule has 0 fully saturated rings. The second-order valence-corrected chi connectivity index (χ2v) is 12.5. The van der Waals surface area contributed by atoms with Crippen LogP contribution in [0.1, 0.15) is 31.9 Å². The summed E-state index contributed by atoms with van der Waals surface area (Å²) in [4.78, 5) is 28.2. The molecule has 0 aliphatic rings. The molecule has 0 saturated heterocycles. The normalized spacial score (nSPS) is 12.2. The van der Waals surface area contributed by atoms with Gasteiger partial charge in [0.15, 0.2) is 0 Å². The van der Waals surface area contributed by atoms with E-state index in [0.29, 0.717) is 31.9 Å². The van der Waals surface area contributed by atoms with E-state index >= 15 is 0 Å². The van der Waals surface area contributed by atoms with Crippen LogP contribution in [-0.2, 0) is 26.2 Å². The SMILES string of the molecule is Cc1ccccc1N(CC(=O)N(Cc1ccc(Cl)cc1Cl)[C@H](C)C(=O)NC(C)C)S(=O)(=O)c1ccc(Cl)cc1. The zero-order chi connectivity index (χ0) is 28.9. The van der Waals surface area contributed by atoms with Gasteiger partial charge in [-0.15, -0.1) is 0 Å². The first-order valence-corrected chi connectivity index (χ1v) is 14.8. The smallest absolute Gasteiger partial charge is 0.264 e. The van der Waals surface area contributed by atoms with Crippen LogP contribution in [0.3, 0.4) is 0 Å². The van der Waals surface area contributed by atoms with Gasteiger partial charge >= 0.3 is 0 Å². The molecule has 0 aliphatic heterocycles. The van der Waals surface area contributed by atoms with Crippen molar-refractivity contribution in [3.05, 3.63) is 92.9 Å². The number of halogens is 3. The Bertz CT molecular complexity index is 1450. The van der Waals surface area contributed by atoms with E-state index in [-0.39, 0.29) is 23.4 Å². The third-order valence-electron chi connectivity index (χ3n) is 6.02.